The van der Waals surface area contributed by atoms with Gasteiger partial charge in [-0.3, -0.25) is 4.98 Å². The van der Waals surface area contributed by atoms with Crippen LogP contribution in [0.1, 0.15) is 12.6 Å². The van der Waals surface area contributed by atoms with Crippen molar-refractivity contribution >= 4 is 56.6 Å². The average Bonchev–Trinajstić information content (AvgIpc) is 2.95. The van der Waals surface area contributed by atoms with Crippen LogP contribution in [0.25, 0.3) is 44.1 Å². The van der Waals surface area contributed by atoms with Crippen molar-refractivity contribution in [1.82, 2.24) is 9.97 Å². The van der Waals surface area contributed by atoms with Gasteiger partial charge in [-0.05, 0) is 53.9 Å². The molecule has 7 heteroatoms. The van der Waals surface area contributed by atoms with E-state index in [1.54, 1.807) is 12.1 Å². The molecular formula is C32H21Cl3F2N2. The van der Waals surface area contributed by atoms with Gasteiger partial charge in [0, 0.05) is 21.9 Å². The summed E-state index contributed by atoms with van der Waals surface area (Å²) in [4.78, 5) is 8.89. The lowest BCUT2D eigenvalue weighted by Gasteiger charge is -2.12. The minimum atomic E-state index is -0.350. The number of aryl methyl sites for hydroxylation is 1. The Morgan fingerprint density at radius 3 is 1.56 bits per heavy atom. The standard InChI is InChI=1S/C17H13ClFN.C15H8Cl2FN/c1-2-14-16(11-6-4-3-5-7-11)17(18)13-10-12(19)8-9-15(13)20-14;16-14-11-8-10(18)6-7-12(11)19-15(17)13(14)9-4-2-1-3-5-9/h3-10H,2H2,1H3;1-8H. The van der Waals surface area contributed by atoms with Crippen LogP contribution in [-0.4, -0.2) is 9.97 Å². The predicted octanol–water partition coefficient (Wildman–Crippen LogP) is 10.6. The fraction of sp³-hybridized carbons (Fsp3) is 0.0625. The van der Waals surface area contributed by atoms with Crippen molar-refractivity contribution < 1.29 is 8.78 Å². The first-order chi connectivity index (χ1) is 18.9. The van der Waals surface area contributed by atoms with E-state index < -0.39 is 0 Å². The van der Waals surface area contributed by atoms with Gasteiger partial charge in [0.25, 0.3) is 0 Å². The molecular weight excluding hydrogens is 557 g/mol. The molecule has 0 N–H and O–H groups in total. The maximum absolute atomic E-state index is 13.4. The first kappa shape index (κ1) is 27.0. The van der Waals surface area contributed by atoms with Crippen LogP contribution in [0.15, 0.2) is 97.1 Å². The Kier molecular flexibility index (Phi) is 8.08. The van der Waals surface area contributed by atoms with Gasteiger partial charge < -0.3 is 0 Å². The first-order valence-electron chi connectivity index (χ1n) is 12.2. The SMILES string of the molecule is CCc1nc2ccc(F)cc2c(Cl)c1-c1ccccc1.Fc1ccc2nc(Cl)c(-c3ccccc3)c(Cl)c2c1. The van der Waals surface area contributed by atoms with Gasteiger partial charge >= 0.3 is 0 Å². The Morgan fingerprint density at radius 2 is 1.05 bits per heavy atom. The highest BCUT2D eigenvalue weighted by Gasteiger charge is 2.16. The molecule has 2 heterocycles. The van der Waals surface area contributed by atoms with E-state index in [1.165, 1.54) is 24.3 Å². The third-order valence-electron chi connectivity index (χ3n) is 6.26. The highest BCUT2D eigenvalue weighted by Crippen LogP contribution is 2.39. The molecule has 0 radical (unpaired) electrons. The smallest absolute Gasteiger partial charge is 0.139 e. The third kappa shape index (κ3) is 5.60. The Bertz CT molecular complexity index is 1790. The zero-order valence-corrected chi connectivity index (χ0v) is 23.0. The summed E-state index contributed by atoms with van der Waals surface area (Å²) in [5.74, 6) is -0.651. The van der Waals surface area contributed by atoms with Crippen LogP contribution < -0.4 is 0 Å². The summed E-state index contributed by atoms with van der Waals surface area (Å²) in [5.41, 5.74) is 5.63. The molecule has 39 heavy (non-hydrogen) atoms. The Morgan fingerprint density at radius 1 is 0.590 bits per heavy atom. The molecule has 0 saturated heterocycles. The van der Waals surface area contributed by atoms with Crippen LogP contribution >= 0.6 is 34.8 Å². The molecule has 0 aliphatic rings. The summed E-state index contributed by atoms with van der Waals surface area (Å²) >= 11 is 19.1. The molecule has 4 aromatic carbocycles. The van der Waals surface area contributed by atoms with E-state index in [2.05, 4.69) is 9.97 Å². The first-order valence-corrected chi connectivity index (χ1v) is 13.3. The van der Waals surface area contributed by atoms with E-state index in [1.807, 2.05) is 67.6 Å². The van der Waals surface area contributed by atoms with Crippen molar-refractivity contribution in [2.24, 2.45) is 0 Å². The van der Waals surface area contributed by atoms with Crippen molar-refractivity contribution in [1.29, 1.82) is 0 Å². The van der Waals surface area contributed by atoms with Crippen LogP contribution in [0.5, 0.6) is 0 Å². The normalized spacial score (nSPS) is 10.9. The number of hydrogen-bond donors (Lipinski definition) is 0. The van der Waals surface area contributed by atoms with E-state index in [9.17, 15) is 8.78 Å². The van der Waals surface area contributed by atoms with Crippen molar-refractivity contribution in [2.75, 3.05) is 0 Å². The average molecular weight is 578 g/mol. The summed E-state index contributed by atoms with van der Waals surface area (Å²) in [6.45, 7) is 2.04. The van der Waals surface area contributed by atoms with Gasteiger partial charge in [0.2, 0.25) is 0 Å². The van der Waals surface area contributed by atoms with Gasteiger partial charge in [-0.1, -0.05) is 102 Å². The van der Waals surface area contributed by atoms with Gasteiger partial charge in [-0.25, -0.2) is 13.8 Å². The van der Waals surface area contributed by atoms with E-state index in [0.717, 1.165) is 34.3 Å². The largest absolute Gasteiger partial charge is 0.252 e. The zero-order valence-electron chi connectivity index (χ0n) is 20.7. The molecule has 0 spiro atoms. The minimum Gasteiger partial charge on any atom is -0.252 e. The topological polar surface area (TPSA) is 25.8 Å². The summed E-state index contributed by atoms with van der Waals surface area (Å²) in [6.07, 6.45) is 0.775. The molecule has 0 saturated carbocycles. The molecule has 0 amide bonds. The number of nitrogens with zero attached hydrogens (tertiary/aromatic N) is 2. The lowest BCUT2D eigenvalue weighted by molar-refractivity contribution is 0.629. The molecule has 0 bridgehead atoms. The van der Waals surface area contributed by atoms with Gasteiger partial charge in [0.05, 0.1) is 26.8 Å². The van der Waals surface area contributed by atoms with E-state index in [0.29, 0.717) is 37.1 Å². The van der Waals surface area contributed by atoms with Gasteiger partial charge in [0.1, 0.15) is 16.8 Å². The molecule has 6 aromatic rings. The summed E-state index contributed by atoms with van der Waals surface area (Å²) < 4.78 is 26.8. The Labute approximate surface area is 239 Å². The maximum Gasteiger partial charge on any atom is 0.139 e. The number of halogens is 5. The second kappa shape index (κ2) is 11.7. The molecule has 0 aliphatic carbocycles. The number of aromatic nitrogens is 2. The highest BCUT2D eigenvalue weighted by atomic mass is 35.5. The molecule has 0 atom stereocenters. The molecule has 0 unspecified atom stereocenters. The fourth-order valence-electron chi connectivity index (χ4n) is 4.42. The van der Waals surface area contributed by atoms with E-state index >= 15 is 0 Å². The Hall–Kier alpha value is -3.57. The van der Waals surface area contributed by atoms with Crippen molar-refractivity contribution in [3.8, 4) is 22.3 Å². The molecule has 0 fully saturated rings. The molecule has 6 rings (SSSR count). The van der Waals surface area contributed by atoms with Crippen LogP contribution in [0, 0.1) is 11.6 Å². The number of pyridine rings is 2. The zero-order chi connectivity index (χ0) is 27.5. The Balaban J connectivity index is 0.000000158. The maximum atomic E-state index is 13.4. The molecule has 2 nitrogen and oxygen atoms in total. The molecule has 2 aromatic heterocycles. The third-order valence-corrected chi connectivity index (χ3v) is 7.32. The number of benzene rings is 4. The summed E-state index contributed by atoms with van der Waals surface area (Å²) in [7, 11) is 0. The van der Waals surface area contributed by atoms with Gasteiger partial charge in [-0.15, -0.1) is 0 Å². The lowest BCUT2D eigenvalue weighted by atomic mass is 10.00. The van der Waals surface area contributed by atoms with Crippen LogP contribution in [0.4, 0.5) is 8.78 Å². The number of rotatable bonds is 3. The molecule has 194 valence electrons. The summed E-state index contributed by atoms with van der Waals surface area (Å²) in [6, 6.07) is 28.1. The van der Waals surface area contributed by atoms with Crippen molar-refractivity contribution in [2.45, 2.75) is 13.3 Å². The van der Waals surface area contributed by atoms with Crippen molar-refractivity contribution in [3.63, 3.8) is 0 Å². The quantitative estimate of drug-likeness (QED) is 0.196. The predicted molar refractivity (Wildman–Crippen MR) is 159 cm³/mol. The molecule has 0 aliphatic heterocycles. The monoisotopic (exact) mass is 576 g/mol. The minimum absolute atomic E-state index is 0.301. The second-order valence-corrected chi connectivity index (χ2v) is 9.86. The van der Waals surface area contributed by atoms with Crippen LogP contribution in [0.3, 0.4) is 0 Å². The van der Waals surface area contributed by atoms with Crippen LogP contribution in [0.2, 0.25) is 15.2 Å². The van der Waals surface area contributed by atoms with Crippen molar-refractivity contribution in [3.05, 3.63) is 130 Å². The number of fused-ring (bicyclic) bond motifs is 2. The van der Waals surface area contributed by atoms with Crippen LogP contribution in [-0.2, 0) is 6.42 Å². The highest BCUT2D eigenvalue weighted by molar-refractivity contribution is 6.42. The van der Waals surface area contributed by atoms with Gasteiger partial charge in [-0.2, -0.15) is 0 Å². The van der Waals surface area contributed by atoms with E-state index in [4.69, 9.17) is 34.8 Å². The number of hydrogen-bond acceptors (Lipinski definition) is 2. The lowest BCUT2D eigenvalue weighted by Crippen LogP contribution is -1.96. The summed E-state index contributed by atoms with van der Waals surface area (Å²) in [5, 5.41) is 2.51. The second-order valence-electron chi connectivity index (χ2n) is 8.75. The van der Waals surface area contributed by atoms with Gasteiger partial charge in [0.15, 0.2) is 0 Å². The fourth-order valence-corrected chi connectivity index (χ4v) is 5.48. The van der Waals surface area contributed by atoms with E-state index in [-0.39, 0.29) is 11.6 Å².